The van der Waals surface area contributed by atoms with Crippen molar-refractivity contribution in [1.82, 2.24) is 15.5 Å². The van der Waals surface area contributed by atoms with Crippen LogP contribution < -0.4 is 10.6 Å². The average molecular weight is 239 g/mol. The zero-order chi connectivity index (χ0) is 12.1. The molecule has 2 N–H and O–H groups in total. The molecule has 100 valence electrons. The van der Waals surface area contributed by atoms with Gasteiger partial charge in [0.05, 0.1) is 0 Å². The number of nitrogens with zero attached hydrogens (tertiary/aromatic N) is 1. The lowest BCUT2D eigenvalue weighted by molar-refractivity contribution is 0.177. The van der Waals surface area contributed by atoms with E-state index in [9.17, 15) is 0 Å². The highest BCUT2D eigenvalue weighted by Crippen LogP contribution is 2.15. The molecule has 17 heavy (non-hydrogen) atoms. The number of likely N-dealkylation sites (N-methyl/N-ethyl adjacent to an activating group) is 1. The van der Waals surface area contributed by atoms with Gasteiger partial charge in [-0.25, -0.2) is 0 Å². The van der Waals surface area contributed by atoms with E-state index in [1.807, 2.05) is 0 Å². The third-order valence-corrected chi connectivity index (χ3v) is 4.42. The molecule has 2 saturated heterocycles. The molecule has 0 saturated carbocycles. The van der Waals surface area contributed by atoms with E-state index in [1.54, 1.807) is 0 Å². The van der Waals surface area contributed by atoms with Gasteiger partial charge in [-0.1, -0.05) is 6.42 Å². The van der Waals surface area contributed by atoms with Gasteiger partial charge in [0.25, 0.3) is 0 Å². The summed E-state index contributed by atoms with van der Waals surface area (Å²) in [6, 6.07) is 2.19. The molecule has 0 aliphatic carbocycles. The van der Waals surface area contributed by atoms with E-state index in [4.69, 9.17) is 0 Å². The maximum absolute atomic E-state index is 3.73. The number of rotatable bonds is 5. The quantitative estimate of drug-likeness (QED) is 0.763. The smallest absolute Gasteiger partial charge is 0.0217 e. The standard InChI is InChI=1S/C14H29N3/c1-12(10-13-6-5-8-15-13)16-11-14-7-3-4-9-17(14)2/h12-16H,3-11H2,1-2H3. The van der Waals surface area contributed by atoms with Gasteiger partial charge in [-0.3, -0.25) is 0 Å². The van der Waals surface area contributed by atoms with E-state index < -0.39 is 0 Å². The second kappa shape index (κ2) is 6.72. The van der Waals surface area contributed by atoms with E-state index in [0.29, 0.717) is 6.04 Å². The minimum atomic E-state index is 0.654. The van der Waals surface area contributed by atoms with Crippen LogP contribution in [0, 0.1) is 0 Å². The van der Waals surface area contributed by atoms with Gasteiger partial charge in [0.1, 0.15) is 0 Å². The Morgan fingerprint density at radius 2 is 2.18 bits per heavy atom. The Bertz CT molecular complexity index is 214. The van der Waals surface area contributed by atoms with Crippen LogP contribution in [0.25, 0.3) is 0 Å². The van der Waals surface area contributed by atoms with Crippen LogP contribution in [0.4, 0.5) is 0 Å². The minimum absolute atomic E-state index is 0.654. The van der Waals surface area contributed by atoms with Crippen molar-refractivity contribution in [3.05, 3.63) is 0 Å². The lowest BCUT2D eigenvalue weighted by Gasteiger charge is -2.33. The summed E-state index contributed by atoms with van der Waals surface area (Å²) in [5.74, 6) is 0. The fourth-order valence-electron chi connectivity index (χ4n) is 3.21. The first kappa shape index (κ1) is 13.3. The summed E-state index contributed by atoms with van der Waals surface area (Å²) >= 11 is 0. The summed E-state index contributed by atoms with van der Waals surface area (Å²) in [5.41, 5.74) is 0. The van der Waals surface area contributed by atoms with Crippen LogP contribution in [0.3, 0.4) is 0 Å². The van der Waals surface area contributed by atoms with E-state index in [1.165, 1.54) is 58.2 Å². The lowest BCUT2D eigenvalue weighted by atomic mass is 10.0. The Morgan fingerprint density at radius 3 is 2.88 bits per heavy atom. The number of likely N-dealkylation sites (tertiary alicyclic amines) is 1. The van der Waals surface area contributed by atoms with Gasteiger partial charge >= 0.3 is 0 Å². The highest BCUT2D eigenvalue weighted by molar-refractivity contribution is 4.81. The molecule has 2 aliphatic heterocycles. The molecule has 0 aromatic heterocycles. The lowest BCUT2D eigenvalue weighted by Crippen LogP contribution is -2.46. The van der Waals surface area contributed by atoms with Gasteiger partial charge in [0.15, 0.2) is 0 Å². The SMILES string of the molecule is CC(CC1CCCN1)NCC1CCCCN1C. The highest BCUT2D eigenvalue weighted by atomic mass is 15.2. The van der Waals surface area contributed by atoms with Gasteiger partial charge in [0, 0.05) is 24.7 Å². The van der Waals surface area contributed by atoms with Crippen molar-refractivity contribution in [3.63, 3.8) is 0 Å². The van der Waals surface area contributed by atoms with Crippen LogP contribution in [-0.2, 0) is 0 Å². The molecule has 3 heteroatoms. The minimum Gasteiger partial charge on any atom is -0.314 e. The van der Waals surface area contributed by atoms with Gasteiger partial charge in [-0.2, -0.15) is 0 Å². The molecular formula is C14H29N3. The molecular weight excluding hydrogens is 210 g/mol. The van der Waals surface area contributed by atoms with Crippen LogP contribution in [-0.4, -0.2) is 49.7 Å². The Morgan fingerprint density at radius 1 is 1.29 bits per heavy atom. The van der Waals surface area contributed by atoms with Crippen molar-refractivity contribution in [3.8, 4) is 0 Å². The van der Waals surface area contributed by atoms with E-state index >= 15 is 0 Å². The largest absolute Gasteiger partial charge is 0.314 e. The topological polar surface area (TPSA) is 27.3 Å². The van der Waals surface area contributed by atoms with Gasteiger partial charge in [-0.05, 0) is 59.2 Å². The molecule has 0 bridgehead atoms. The third-order valence-electron chi connectivity index (χ3n) is 4.42. The summed E-state index contributed by atoms with van der Waals surface area (Å²) in [6.45, 7) is 6.01. The zero-order valence-corrected chi connectivity index (χ0v) is 11.5. The molecule has 0 aromatic rings. The van der Waals surface area contributed by atoms with Crippen LogP contribution in [0.2, 0.25) is 0 Å². The fraction of sp³-hybridized carbons (Fsp3) is 1.00. The molecule has 2 rings (SSSR count). The molecule has 3 nitrogen and oxygen atoms in total. The normalized spacial score (nSPS) is 32.8. The zero-order valence-electron chi connectivity index (χ0n) is 11.5. The fourth-order valence-corrected chi connectivity index (χ4v) is 3.21. The molecule has 3 atom stereocenters. The van der Waals surface area contributed by atoms with Crippen LogP contribution in [0.1, 0.15) is 45.4 Å². The van der Waals surface area contributed by atoms with Crippen molar-refractivity contribution in [2.24, 2.45) is 0 Å². The Balaban J connectivity index is 1.62. The summed E-state index contributed by atoms with van der Waals surface area (Å²) in [6.07, 6.45) is 8.19. The molecule has 3 unspecified atom stereocenters. The molecule has 0 radical (unpaired) electrons. The van der Waals surface area contributed by atoms with E-state index in [0.717, 1.165) is 12.1 Å². The first-order valence-electron chi connectivity index (χ1n) is 7.42. The number of hydrogen-bond acceptors (Lipinski definition) is 3. The number of hydrogen-bond donors (Lipinski definition) is 2. The second-order valence-corrected chi connectivity index (χ2v) is 5.97. The number of nitrogens with one attached hydrogen (secondary N) is 2. The molecule has 2 aliphatic rings. The molecule has 0 aromatic carbocycles. The Kier molecular flexibility index (Phi) is 5.26. The van der Waals surface area contributed by atoms with Gasteiger partial charge in [-0.15, -0.1) is 0 Å². The summed E-state index contributed by atoms with van der Waals surface area (Å²) < 4.78 is 0. The van der Waals surface area contributed by atoms with Crippen molar-refractivity contribution in [1.29, 1.82) is 0 Å². The molecule has 0 spiro atoms. The van der Waals surface area contributed by atoms with Crippen molar-refractivity contribution in [2.45, 2.75) is 63.6 Å². The van der Waals surface area contributed by atoms with Crippen molar-refractivity contribution in [2.75, 3.05) is 26.7 Å². The Hall–Kier alpha value is -0.120. The van der Waals surface area contributed by atoms with Crippen LogP contribution >= 0.6 is 0 Å². The second-order valence-electron chi connectivity index (χ2n) is 5.97. The van der Waals surface area contributed by atoms with E-state index in [-0.39, 0.29) is 0 Å². The highest BCUT2D eigenvalue weighted by Gasteiger charge is 2.20. The molecule has 2 heterocycles. The third kappa shape index (κ3) is 4.23. The summed E-state index contributed by atoms with van der Waals surface area (Å²) in [5, 5.41) is 7.31. The van der Waals surface area contributed by atoms with Gasteiger partial charge < -0.3 is 15.5 Å². The summed E-state index contributed by atoms with van der Waals surface area (Å²) in [4.78, 5) is 2.52. The average Bonchev–Trinajstić information content (AvgIpc) is 2.81. The Labute approximate surface area is 106 Å². The van der Waals surface area contributed by atoms with Crippen molar-refractivity contribution >= 4 is 0 Å². The first-order chi connectivity index (χ1) is 8.25. The maximum atomic E-state index is 3.73. The van der Waals surface area contributed by atoms with Gasteiger partial charge in [0.2, 0.25) is 0 Å². The van der Waals surface area contributed by atoms with E-state index in [2.05, 4.69) is 29.5 Å². The monoisotopic (exact) mass is 239 g/mol. The predicted molar refractivity (Wildman–Crippen MR) is 73.4 cm³/mol. The predicted octanol–water partition coefficient (Wildman–Crippen LogP) is 1.59. The van der Waals surface area contributed by atoms with Crippen LogP contribution in [0.5, 0.6) is 0 Å². The van der Waals surface area contributed by atoms with Crippen molar-refractivity contribution < 1.29 is 0 Å². The summed E-state index contributed by atoms with van der Waals surface area (Å²) in [7, 11) is 2.27. The van der Waals surface area contributed by atoms with Crippen LogP contribution in [0.15, 0.2) is 0 Å². The first-order valence-corrected chi connectivity index (χ1v) is 7.42. The number of piperidine rings is 1. The molecule has 2 fully saturated rings. The maximum Gasteiger partial charge on any atom is 0.0217 e. The molecule has 0 amide bonds.